The minimum absolute atomic E-state index is 0.298. The number of nitriles is 1. The number of nitrogens with zero attached hydrogens (tertiary/aromatic N) is 3. The lowest BCUT2D eigenvalue weighted by Gasteiger charge is -2.21. The van der Waals surface area contributed by atoms with Crippen molar-refractivity contribution in [3.8, 4) is 17.2 Å². The lowest BCUT2D eigenvalue weighted by Crippen LogP contribution is -2.11. The zero-order chi connectivity index (χ0) is 21.6. The topological polar surface area (TPSA) is 50.8 Å². The number of imidazole rings is 1. The molecule has 4 rings (SSSR count). The molecule has 3 aromatic carbocycles. The summed E-state index contributed by atoms with van der Waals surface area (Å²) in [6.07, 6.45) is 4.23. The molecule has 0 saturated carbocycles. The van der Waals surface area contributed by atoms with E-state index in [2.05, 4.69) is 48.3 Å². The number of aromatic nitrogens is 2. The summed E-state index contributed by atoms with van der Waals surface area (Å²) in [6, 6.07) is 26.7. The third-order valence-corrected chi connectivity index (χ3v) is 5.54. The molecule has 1 aromatic heterocycles. The Hall–Kier alpha value is -3.68. The molecule has 0 radical (unpaired) electrons. The molecule has 0 fully saturated rings. The third kappa shape index (κ3) is 4.42. The lowest BCUT2D eigenvalue weighted by molar-refractivity contribution is 0.0622. The van der Waals surface area contributed by atoms with E-state index in [9.17, 15) is 5.26 Å². The van der Waals surface area contributed by atoms with Gasteiger partial charge in [-0.25, -0.2) is 4.98 Å². The molecule has 4 nitrogen and oxygen atoms in total. The summed E-state index contributed by atoms with van der Waals surface area (Å²) in [5.74, 6) is 0. The first-order valence-corrected chi connectivity index (χ1v) is 10.4. The molecule has 154 valence electrons. The Kier molecular flexibility index (Phi) is 6.26. The Bertz CT molecular complexity index is 1200. The molecule has 31 heavy (non-hydrogen) atoms. The van der Waals surface area contributed by atoms with E-state index in [0.717, 1.165) is 34.4 Å². The predicted molar refractivity (Wildman–Crippen MR) is 122 cm³/mol. The van der Waals surface area contributed by atoms with E-state index >= 15 is 0 Å². The van der Waals surface area contributed by atoms with Gasteiger partial charge in [-0.05, 0) is 40.8 Å². The van der Waals surface area contributed by atoms with Crippen molar-refractivity contribution in [3.05, 3.63) is 113 Å². The molecule has 1 unspecified atom stereocenters. The fourth-order valence-electron chi connectivity index (χ4n) is 3.86. The van der Waals surface area contributed by atoms with Crippen LogP contribution >= 0.6 is 0 Å². The molecule has 4 heteroatoms. The van der Waals surface area contributed by atoms with E-state index in [1.807, 2.05) is 60.3 Å². The summed E-state index contributed by atoms with van der Waals surface area (Å²) >= 11 is 0. The van der Waals surface area contributed by atoms with Crippen molar-refractivity contribution in [1.29, 1.82) is 5.26 Å². The number of aryl methyl sites for hydroxylation is 2. The Morgan fingerprint density at radius 1 is 1.00 bits per heavy atom. The number of hydrogen-bond donors (Lipinski definition) is 0. The maximum Gasteiger partial charge on any atom is 0.124 e. The van der Waals surface area contributed by atoms with Crippen LogP contribution in [0, 0.1) is 11.3 Å². The van der Waals surface area contributed by atoms with Gasteiger partial charge in [0.1, 0.15) is 6.10 Å². The highest BCUT2D eigenvalue weighted by molar-refractivity contribution is 5.74. The Morgan fingerprint density at radius 3 is 2.48 bits per heavy atom. The summed E-state index contributed by atoms with van der Waals surface area (Å²) in [7, 11) is 1.97. The molecule has 0 spiro atoms. The van der Waals surface area contributed by atoms with Gasteiger partial charge in [0, 0.05) is 12.6 Å². The van der Waals surface area contributed by atoms with Gasteiger partial charge in [-0.3, -0.25) is 0 Å². The van der Waals surface area contributed by atoms with Gasteiger partial charge in [-0.2, -0.15) is 5.26 Å². The van der Waals surface area contributed by atoms with Crippen LogP contribution in [0.5, 0.6) is 0 Å². The Labute approximate surface area is 183 Å². The van der Waals surface area contributed by atoms with Crippen LogP contribution in [-0.4, -0.2) is 9.55 Å². The average Bonchev–Trinajstić information content (AvgIpc) is 3.25. The van der Waals surface area contributed by atoms with Crippen LogP contribution in [0.2, 0.25) is 0 Å². The number of rotatable bonds is 7. The van der Waals surface area contributed by atoms with Crippen LogP contribution in [0.4, 0.5) is 0 Å². The van der Waals surface area contributed by atoms with Crippen LogP contribution in [-0.2, 0) is 24.8 Å². The first-order valence-electron chi connectivity index (χ1n) is 10.4. The predicted octanol–water partition coefficient (Wildman–Crippen LogP) is 5.83. The molecule has 0 aliphatic heterocycles. The normalized spacial score (nSPS) is 11.8. The van der Waals surface area contributed by atoms with Crippen LogP contribution in [0.25, 0.3) is 11.1 Å². The second kappa shape index (κ2) is 9.42. The van der Waals surface area contributed by atoms with Gasteiger partial charge in [0.05, 0.1) is 36.5 Å². The van der Waals surface area contributed by atoms with Gasteiger partial charge in [-0.1, -0.05) is 67.6 Å². The second-order valence-corrected chi connectivity index (χ2v) is 7.53. The van der Waals surface area contributed by atoms with Crippen molar-refractivity contribution in [1.82, 2.24) is 9.55 Å². The quantitative estimate of drug-likeness (QED) is 0.387. The van der Waals surface area contributed by atoms with Crippen LogP contribution in [0.15, 0.2) is 85.3 Å². The fraction of sp³-hybridized carbons (Fsp3) is 0.185. The molecule has 1 heterocycles. The van der Waals surface area contributed by atoms with E-state index in [1.54, 1.807) is 6.33 Å². The van der Waals surface area contributed by atoms with Crippen LogP contribution in [0.3, 0.4) is 0 Å². The molecule has 0 amide bonds. The van der Waals surface area contributed by atoms with E-state index < -0.39 is 0 Å². The van der Waals surface area contributed by atoms with Crippen molar-refractivity contribution in [2.24, 2.45) is 7.05 Å². The van der Waals surface area contributed by atoms with Gasteiger partial charge >= 0.3 is 0 Å². The average molecular weight is 408 g/mol. The number of hydrogen-bond acceptors (Lipinski definition) is 3. The Balaban J connectivity index is 1.78. The highest BCUT2D eigenvalue weighted by Gasteiger charge is 2.21. The molecular formula is C27H25N3O. The second-order valence-electron chi connectivity index (χ2n) is 7.53. The van der Waals surface area contributed by atoms with Crippen LogP contribution in [0.1, 0.15) is 41.0 Å². The third-order valence-electron chi connectivity index (χ3n) is 5.54. The summed E-state index contributed by atoms with van der Waals surface area (Å²) in [4.78, 5) is 4.30. The summed E-state index contributed by atoms with van der Waals surface area (Å²) in [6.45, 7) is 2.62. The zero-order valence-corrected chi connectivity index (χ0v) is 17.8. The molecule has 0 aliphatic rings. The van der Waals surface area contributed by atoms with Crippen molar-refractivity contribution in [3.63, 3.8) is 0 Å². The molecular weight excluding hydrogens is 382 g/mol. The number of ether oxygens (including phenoxy) is 1. The van der Waals surface area contributed by atoms with E-state index in [1.165, 1.54) is 5.56 Å². The molecule has 0 aliphatic carbocycles. The van der Waals surface area contributed by atoms with Gasteiger partial charge in [-0.15, -0.1) is 0 Å². The first kappa shape index (κ1) is 20.6. The van der Waals surface area contributed by atoms with Crippen molar-refractivity contribution in [2.45, 2.75) is 26.1 Å². The van der Waals surface area contributed by atoms with E-state index in [4.69, 9.17) is 4.74 Å². The highest BCUT2D eigenvalue weighted by atomic mass is 16.5. The van der Waals surface area contributed by atoms with Gasteiger partial charge in [0.25, 0.3) is 0 Å². The summed E-state index contributed by atoms with van der Waals surface area (Å²) in [5.41, 5.74) is 6.99. The molecule has 0 saturated heterocycles. The molecule has 0 bridgehead atoms. The van der Waals surface area contributed by atoms with Gasteiger partial charge in [0.15, 0.2) is 0 Å². The van der Waals surface area contributed by atoms with Gasteiger partial charge in [0.2, 0.25) is 0 Å². The highest BCUT2D eigenvalue weighted by Crippen LogP contribution is 2.33. The molecule has 0 N–H and O–H groups in total. The monoisotopic (exact) mass is 407 g/mol. The fourth-order valence-corrected chi connectivity index (χ4v) is 3.86. The molecule has 4 aromatic rings. The van der Waals surface area contributed by atoms with Crippen molar-refractivity contribution >= 4 is 0 Å². The van der Waals surface area contributed by atoms with E-state index in [0.29, 0.717) is 12.2 Å². The zero-order valence-electron chi connectivity index (χ0n) is 17.8. The SMILES string of the molecule is CCc1ccccc1-c1cc(C(OCc2ccccc2)c2cncn2C)ccc1C#N. The first-order chi connectivity index (χ1) is 15.2. The minimum atomic E-state index is -0.298. The van der Waals surface area contributed by atoms with E-state index in [-0.39, 0.29) is 6.10 Å². The molecule has 1 atom stereocenters. The van der Waals surface area contributed by atoms with Crippen molar-refractivity contribution < 1.29 is 4.74 Å². The largest absolute Gasteiger partial charge is 0.363 e. The maximum atomic E-state index is 9.76. The van der Waals surface area contributed by atoms with Crippen LogP contribution < -0.4 is 0 Å². The summed E-state index contributed by atoms with van der Waals surface area (Å²) < 4.78 is 8.40. The van der Waals surface area contributed by atoms with Crippen molar-refractivity contribution in [2.75, 3.05) is 0 Å². The minimum Gasteiger partial charge on any atom is -0.363 e. The maximum absolute atomic E-state index is 9.76. The van der Waals surface area contributed by atoms with Gasteiger partial charge < -0.3 is 9.30 Å². The Morgan fingerprint density at radius 2 is 1.77 bits per heavy atom. The standard InChI is InChI=1S/C27H25N3O/c1-3-21-11-7-8-12-24(21)25-15-22(13-14-23(25)16-28)27(26-17-29-19-30(26)2)31-18-20-9-5-4-6-10-20/h4-15,17,19,27H,3,18H2,1-2H3. The lowest BCUT2D eigenvalue weighted by atomic mass is 9.91. The number of benzene rings is 3. The smallest absolute Gasteiger partial charge is 0.124 e. The summed E-state index contributed by atoms with van der Waals surface area (Å²) in [5, 5.41) is 9.76.